The van der Waals surface area contributed by atoms with E-state index in [-0.39, 0.29) is 0 Å². The number of hydrogen-bond donors (Lipinski definition) is 1. The van der Waals surface area contributed by atoms with Crippen LogP contribution in [0.4, 0.5) is 0 Å². The van der Waals surface area contributed by atoms with Gasteiger partial charge in [-0.15, -0.1) is 0 Å². The molecule has 1 saturated heterocycles. The summed E-state index contributed by atoms with van der Waals surface area (Å²) in [5.41, 5.74) is 6.47. The highest BCUT2D eigenvalue weighted by atomic mass is 15.1. The monoisotopic (exact) mass is 210 g/mol. The molecule has 0 aromatic heterocycles. The van der Waals surface area contributed by atoms with Gasteiger partial charge in [-0.25, -0.2) is 0 Å². The van der Waals surface area contributed by atoms with Crippen molar-refractivity contribution in [3.05, 3.63) is 0 Å². The van der Waals surface area contributed by atoms with E-state index in [0.717, 1.165) is 12.5 Å². The van der Waals surface area contributed by atoms with Crippen LogP contribution in [-0.4, -0.2) is 31.6 Å². The fourth-order valence-corrected chi connectivity index (χ4v) is 3.85. The second-order valence-electron chi connectivity index (χ2n) is 5.69. The fraction of sp³-hybridized carbons (Fsp3) is 1.00. The molecule has 1 heterocycles. The molecule has 1 aliphatic carbocycles. The highest BCUT2D eigenvalue weighted by molar-refractivity contribution is 4.92. The van der Waals surface area contributed by atoms with Crippen molar-refractivity contribution < 1.29 is 0 Å². The van der Waals surface area contributed by atoms with Gasteiger partial charge in [-0.3, -0.25) is 0 Å². The third kappa shape index (κ3) is 2.36. The van der Waals surface area contributed by atoms with Crippen LogP contribution in [-0.2, 0) is 0 Å². The molecule has 0 amide bonds. The van der Waals surface area contributed by atoms with Crippen LogP contribution in [0.2, 0.25) is 0 Å². The molecule has 2 fully saturated rings. The molecule has 1 aliphatic heterocycles. The smallest absolute Gasteiger partial charge is 0.00189 e. The molecule has 0 unspecified atom stereocenters. The highest BCUT2D eigenvalue weighted by Crippen LogP contribution is 2.50. The molecule has 0 aromatic carbocycles. The van der Waals surface area contributed by atoms with Crippen LogP contribution in [0, 0.1) is 11.3 Å². The van der Waals surface area contributed by atoms with E-state index in [1.807, 2.05) is 0 Å². The van der Waals surface area contributed by atoms with E-state index < -0.39 is 0 Å². The van der Waals surface area contributed by atoms with Gasteiger partial charge < -0.3 is 10.6 Å². The van der Waals surface area contributed by atoms with Crippen LogP contribution in [0.3, 0.4) is 0 Å². The Morgan fingerprint density at radius 3 is 2.33 bits per heavy atom. The lowest BCUT2D eigenvalue weighted by Crippen LogP contribution is -2.39. The summed E-state index contributed by atoms with van der Waals surface area (Å²) in [4.78, 5) is 2.47. The van der Waals surface area contributed by atoms with Crippen molar-refractivity contribution in [1.82, 2.24) is 4.90 Å². The third-order valence-corrected chi connectivity index (χ3v) is 4.83. The van der Waals surface area contributed by atoms with Crippen LogP contribution >= 0.6 is 0 Å². The van der Waals surface area contributed by atoms with Crippen LogP contribution in [0.5, 0.6) is 0 Å². The Balaban J connectivity index is 1.98. The number of likely N-dealkylation sites (tertiary alicyclic amines) is 1. The molecular weight excluding hydrogens is 184 g/mol. The lowest BCUT2D eigenvalue weighted by Gasteiger charge is -2.42. The molecule has 0 aromatic rings. The van der Waals surface area contributed by atoms with Crippen LogP contribution in [0.15, 0.2) is 0 Å². The molecule has 2 aliphatic rings. The first kappa shape index (κ1) is 11.4. The fourth-order valence-electron chi connectivity index (χ4n) is 3.85. The SMILES string of the molecule is CN1CCC(C2(CCN)CCCC2)CC1. The Morgan fingerprint density at radius 2 is 1.80 bits per heavy atom. The van der Waals surface area contributed by atoms with E-state index in [1.54, 1.807) is 0 Å². The number of nitrogens with two attached hydrogens (primary N) is 1. The lowest BCUT2D eigenvalue weighted by molar-refractivity contribution is 0.0829. The van der Waals surface area contributed by atoms with E-state index in [1.165, 1.54) is 58.0 Å². The molecular formula is C13H26N2. The molecule has 0 atom stereocenters. The summed E-state index contributed by atoms with van der Waals surface area (Å²) >= 11 is 0. The Labute approximate surface area is 94.2 Å². The summed E-state index contributed by atoms with van der Waals surface area (Å²) in [7, 11) is 2.25. The zero-order valence-electron chi connectivity index (χ0n) is 10.2. The summed E-state index contributed by atoms with van der Waals surface area (Å²) in [6.07, 6.45) is 9.92. The maximum Gasteiger partial charge on any atom is -0.00189 e. The topological polar surface area (TPSA) is 29.3 Å². The van der Waals surface area contributed by atoms with Crippen molar-refractivity contribution in [3.63, 3.8) is 0 Å². The highest BCUT2D eigenvalue weighted by Gasteiger charge is 2.40. The maximum atomic E-state index is 5.82. The largest absolute Gasteiger partial charge is 0.330 e. The van der Waals surface area contributed by atoms with Gasteiger partial charge in [-0.05, 0) is 70.1 Å². The van der Waals surface area contributed by atoms with Gasteiger partial charge in [0.15, 0.2) is 0 Å². The first-order valence-electron chi connectivity index (χ1n) is 6.65. The second-order valence-corrected chi connectivity index (χ2v) is 5.69. The Morgan fingerprint density at radius 1 is 1.20 bits per heavy atom. The van der Waals surface area contributed by atoms with Gasteiger partial charge in [0.1, 0.15) is 0 Å². The van der Waals surface area contributed by atoms with Crippen molar-refractivity contribution in [2.24, 2.45) is 17.1 Å². The van der Waals surface area contributed by atoms with Gasteiger partial charge in [0, 0.05) is 0 Å². The van der Waals surface area contributed by atoms with Crippen LogP contribution in [0.25, 0.3) is 0 Å². The summed E-state index contributed by atoms with van der Waals surface area (Å²) in [6.45, 7) is 3.50. The van der Waals surface area contributed by atoms with Crippen molar-refractivity contribution >= 4 is 0 Å². The molecule has 0 spiro atoms. The van der Waals surface area contributed by atoms with Crippen molar-refractivity contribution in [1.29, 1.82) is 0 Å². The quantitative estimate of drug-likeness (QED) is 0.774. The van der Waals surface area contributed by atoms with Crippen molar-refractivity contribution in [2.75, 3.05) is 26.7 Å². The molecule has 2 nitrogen and oxygen atoms in total. The molecule has 0 bridgehead atoms. The number of hydrogen-bond acceptors (Lipinski definition) is 2. The third-order valence-electron chi connectivity index (χ3n) is 4.83. The van der Waals surface area contributed by atoms with E-state index in [2.05, 4.69) is 11.9 Å². The zero-order chi connectivity index (χ0) is 10.7. The standard InChI is InChI=1S/C13H26N2/c1-15-10-4-12(5-11-15)13(8-9-14)6-2-3-7-13/h12H,2-11,14H2,1H3. The lowest BCUT2D eigenvalue weighted by atomic mass is 9.67. The summed E-state index contributed by atoms with van der Waals surface area (Å²) < 4.78 is 0. The van der Waals surface area contributed by atoms with Gasteiger partial charge >= 0.3 is 0 Å². The van der Waals surface area contributed by atoms with Crippen molar-refractivity contribution in [3.8, 4) is 0 Å². The first-order valence-corrected chi connectivity index (χ1v) is 6.65. The summed E-state index contributed by atoms with van der Waals surface area (Å²) in [5, 5.41) is 0. The Hall–Kier alpha value is -0.0800. The predicted molar refractivity (Wildman–Crippen MR) is 64.8 cm³/mol. The molecule has 88 valence electrons. The second kappa shape index (κ2) is 4.84. The van der Waals surface area contributed by atoms with E-state index in [0.29, 0.717) is 5.41 Å². The molecule has 0 radical (unpaired) electrons. The summed E-state index contributed by atoms with van der Waals surface area (Å²) in [5.74, 6) is 0.972. The van der Waals surface area contributed by atoms with Crippen LogP contribution < -0.4 is 5.73 Å². The van der Waals surface area contributed by atoms with Crippen LogP contribution in [0.1, 0.15) is 44.9 Å². The number of piperidine rings is 1. The molecule has 2 N–H and O–H groups in total. The predicted octanol–water partition coefficient (Wildman–Crippen LogP) is 2.24. The van der Waals surface area contributed by atoms with Gasteiger partial charge in [0.2, 0.25) is 0 Å². The zero-order valence-corrected chi connectivity index (χ0v) is 10.2. The number of nitrogens with zero attached hydrogens (tertiary/aromatic N) is 1. The van der Waals surface area contributed by atoms with Gasteiger partial charge in [0.05, 0.1) is 0 Å². The molecule has 15 heavy (non-hydrogen) atoms. The molecule has 2 heteroatoms. The average molecular weight is 210 g/mol. The summed E-state index contributed by atoms with van der Waals surface area (Å²) in [6, 6.07) is 0. The minimum atomic E-state index is 0.649. The van der Waals surface area contributed by atoms with E-state index in [9.17, 15) is 0 Å². The Kier molecular flexibility index (Phi) is 3.68. The molecule has 1 saturated carbocycles. The van der Waals surface area contributed by atoms with E-state index >= 15 is 0 Å². The van der Waals surface area contributed by atoms with Crippen molar-refractivity contribution in [2.45, 2.75) is 44.9 Å². The van der Waals surface area contributed by atoms with Gasteiger partial charge in [-0.1, -0.05) is 12.8 Å². The van der Waals surface area contributed by atoms with Gasteiger partial charge in [-0.2, -0.15) is 0 Å². The Bertz CT molecular complexity index is 189. The first-order chi connectivity index (χ1) is 7.27. The minimum Gasteiger partial charge on any atom is -0.330 e. The normalized spacial score (nSPS) is 28.4. The van der Waals surface area contributed by atoms with E-state index in [4.69, 9.17) is 5.73 Å². The molecule has 2 rings (SSSR count). The average Bonchev–Trinajstić information content (AvgIpc) is 2.69. The maximum absolute atomic E-state index is 5.82. The van der Waals surface area contributed by atoms with Gasteiger partial charge in [0.25, 0.3) is 0 Å². The minimum absolute atomic E-state index is 0.649. The number of rotatable bonds is 3.